The zero-order valence-corrected chi connectivity index (χ0v) is 12.0. The lowest BCUT2D eigenvalue weighted by Gasteiger charge is -2.15. The van der Waals surface area contributed by atoms with Crippen LogP contribution in [0.2, 0.25) is 0 Å². The number of ketones is 1. The highest BCUT2D eigenvalue weighted by molar-refractivity contribution is 5.99. The Labute approximate surface area is 108 Å². The molecule has 0 heterocycles. The number of benzene rings is 1. The quantitative estimate of drug-likeness (QED) is 0.560. The summed E-state index contributed by atoms with van der Waals surface area (Å²) in [4.78, 5) is 11.7. The minimum absolute atomic E-state index is 0.0608. The van der Waals surface area contributed by atoms with Crippen LogP contribution in [0, 0.1) is 18.8 Å². The standard InChI is InChI=1S/C14H16IO/c1-4-14(2,3)13(16)10-11-15-12-8-6-5-7-9-12/h5-9H,4H2,1-3H3/q+1. The first-order valence-electron chi connectivity index (χ1n) is 5.30. The van der Waals surface area contributed by atoms with Crippen LogP contribution in [-0.2, 0) is 4.79 Å². The van der Waals surface area contributed by atoms with Crippen LogP contribution in [0.5, 0.6) is 0 Å². The summed E-state index contributed by atoms with van der Waals surface area (Å²) in [6, 6.07) is 10.1. The van der Waals surface area contributed by atoms with Gasteiger partial charge in [0.25, 0.3) is 0 Å². The predicted molar refractivity (Wildman–Crippen MR) is 62.0 cm³/mol. The number of hydrogen-bond donors (Lipinski definition) is 0. The van der Waals surface area contributed by atoms with Crippen LogP contribution < -0.4 is 21.2 Å². The Morgan fingerprint density at radius 2 is 1.94 bits per heavy atom. The molecule has 1 rings (SSSR count). The Bertz CT molecular complexity index is 409. The zero-order valence-electron chi connectivity index (χ0n) is 9.88. The Kier molecular flexibility index (Phi) is 5.01. The summed E-state index contributed by atoms with van der Waals surface area (Å²) in [5, 5.41) is 0. The lowest BCUT2D eigenvalue weighted by Crippen LogP contribution is -3.59. The van der Waals surface area contributed by atoms with E-state index in [1.54, 1.807) is 0 Å². The van der Waals surface area contributed by atoms with Crippen molar-refractivity contribution in [3.63, 3.8) is 0 Å². The van der Waals surface area contributed by atoms with Crippen LogP contribution in [0.4, 0.5) is 0 Å². The van der Waals surface area contributed by atoms with Gasteiger partial charge in [-0.25, -0.2) is 0 Å². The van der Waals surface area contributed by atoms with Crippen molar-refractivity contribution < 1.29 is 26.0 Å². The van der Waals surface area contributed by atoms with Gasteiger partial charge in [-0.1, -0.05) is 39.0 Å². The van der Waals surface area contributed by atoms with Gasteiger partial charge in [-0.2, -0.15) is 0 Å². The molecule has 0 unspecified atom stereocenters. The van der Waals surface area contributed by atoms with Crippen molar-refractivity contribution in [1.29, 1.82) is 0 Å². The monoisotopic (exact) mass is 327 g/mol. The van der Waals surface area contributed by atoms with Crippen molar-refractivity contribution in [3.05, 3.63) is 33.9 Å². The lowest BCUT2D eigenvalue weighted by atomic mass is 9.86. The molecule has 84 valence electrons. The molecule has 0 atom stereocenters. The Hall–Kier alpha value is -0.820. The van der Waals surface area contributed by atoms with E-state index in [1.807, 2.05) is 39.0 Å². The van der Waals surface area contributed by atoms with Gasteiger partial charge in [0.2, 0.25) is 9.35 Å². The van der Waals surface area contributed by atoms with E-state index >= 15 is 0 Å². The molecule has 0 aromatic heterocycles. The van der Waals surface area contributed by atoms with Crippen LogP contribution in [0.15, 0.2) is 30.3 Å². The highest BCUT2D eigenvalue weighted by Crippen LogP contribution is 2.19. The topological polar surface area (TPSA) is 17.1 Å². The predicted octanol–water partition coefficient (Wildman–Crippen LogP) is -0.0886. The summed E-state index contributed by atoms with van der Waals surface area (Å²) in [5.41, 5.74) is -0.298. The van der Waals surface area contributed by atoms with Crippen molar-refractivity contribution in [2.45, 2.75) is 27.2 Å². The molecule has 0 aliphatic heterocycles. The fraction of sp³-hybridized carbons (Fsp3) is 0.357. The SMILES string of the molecule is CCC(C)(C)C(=O)C#C[I+]c1ccccc1. The molecule has 0 N–H and O–H groups in total. The van der Waals surface area contributed by atoms with Gasteiger partial charge in [-0.05, 0) is 18.6 Å². The Morgan fingerprint density at radius 3 is 2.50 bits per heavy atom. The van der Waals surface area contributed by atoms with Gasteiger partial charge in [0.05, 0.1) is 0 Å². The third-order valence-electron chi connectivity index (χ3n) is 2.55. The summed E-state index contributed by atoms with van der Waals surface area (Å²) in [6.45, 7) is 5.92. The van der Waals surface area contributed by atoms with Crippen LogP contribution in [0.1, 0.15) is 27.2 Å². The van der Waals surface area contributed by atoms with Gasteiger partial charge in [0.15, 0.2) is 3.93 Å². The number of rotatable bonds is 3. The second-order valence-electron chi connectivity index (χ2n) is 4.18. The van der Waals surface area contributed by atoms with E-state index in [2.05, 4.69) is 22.0 Å². The molecule has 1 aromatic carbocycles. The molecule has 0 fully saturated rings. The molecule has 0 aliphatic rings. The lowest BCUT2D eigenvalue weighted by molar-refractivity contribution is -0.535. The van der Waals surface area contributed by atoms with E-state index in [9.17, 15) is 4.79 Å². The second kappa shape index (κ2) is 6.05. The van der Waals surface area contributed by atoms with Crippen LogP contribution >= 0.6 is 0 Å². The van der Waals surface area contributed by atoms with E-state index in [0.29, 0.717) is 0 Å². The fourth-order valence-corrected chi connectivity index (χ4v) is 2.39. The maximum Gasteiger partial charge on any atom is 0.420 e. The van der Waals surface area contributed by atoms with Crippen molar-refractivity contribution in [2.24, 2.45) is 5.41 Å². The first-order chi connectivity index (χ1) is 7.56. The van der Waals surface area contributed by atoms with Crippen molar-refractivity contribution in [2.75, 3.05) is 0 Å². The highest BCUT2D eigenvalue weighted by Gasteiger charge is 2.24. The molecule has 0 aliphatic carbocycles. The van der Waals surface area contributed by atoms with Crippen molar-refractivity contribution in [1.82, 2.24) is 0 Å². The van der Waals surface area contributed by atoms with Crippen LogP contribution in [0.25, 0.3) is 0 Å². The van der Waals surface area contributed by atoms with Crippen molar-refractivity contribution in [3.8, 4) is 9.85 Å². The van der Waals surface area contributed by atoms with Gasteiger partial charge in [-0.3, -0.25) is 4.79 Å². The van der Waals surface area contributed by atoms with Gasteiger partial charge in [0, 0.05) is 11.3 Å². The van der Waals surface area contributed by atoms with E-state index in [-0.39, 0.29) is 32.4 Å². The average molecular weight is 327 g/mol. The maximum atomic E-state index is 11.7. The summed E-state index contributed by atoms with van der Waals surface area (Å²) in [7, 11) is 0. The number of carbonyl (C=O) groups is 1. The number of carbonyl (C=O) groups excluding carboxylic acids is 1. The molecule has 0 saturated carbocycles. The van der Waals surface area contributed by atoms with E-state index in [1.165, 1.54) is 3.57 Å². The molecule has 1 nitrogen and oxygen atoms in total. The summed E-state index contributed by atoms with van der Waals surface area (Å²) >= 11 is -0.342. The third kappa shape index (κ3) is 3.97. The van der Waals surface area contributed by atoms with Gasteiger partial charge in [-0.15, -0.1) is 0 Å². The third-order valence-corrected chi connectivity index (χ3v) is 4.43. The maximum absolute atomic E-state index is 11.7. The van der Waals surface area contributed by atoms with Crippen LogP contribution in [0.3, 0.4) is 0 Å². The van der Waals surface area contributed by atoms with Gasteiger partial charge >= 0.3 is 21.2 Å². The molecular formula is C14H16IO+. The normalized spacial score (nSPS) is 10.4. The molecular weight excluding hydrogens is 311 g/mol. The molecule has 0 bridgehead atoms. The average Bonchev–Trinajstić information content (AvgIpc) is 2.30. The summed E-state index contributed by atoms with van der Waals surface area (Å²) in [5.74, 6) is 2.84. The minimum Gasteiger partial charge on any atom is -0.284 e. The number of halogens is 1. The van der Waals surface area contributed by atoms with E-state index in [4.69, 9.17) is 0 Å². The van der Waals surface area contributed by atoms with E-state index in [0.717, 1.165) is 6.42 Å². The molecule has 0 amide bonds. The number of Topliss-reactive ketones (excluding diaryl/α,β-unsaturated/α-hetero) is 1. The minimum atomic E-state index is -0.342. The second-order valence-corrected chi connectivity index (χ2v) is 6.50. The highest BCUT2D eigenvalue weighted by atomic mass is 127. The first kappa shape index (κ1) is 13.2. The number of hydrogen-bond acceptors (Lipinski definition) is 1. The molecule has 16 heavy (non-hydrogen) atoms. The first-order valence-corrected chi connectivity index (χ1v) is 7.46. The molecule has 0 spiro atoms. The zero-order chi connectivity index (χ0) is 12.0. The smallest absolute Gasteiger partial charge is 0.284 e. The summed E-state index contributed by atoms with van der Waals surface area (Å²) < 4.78 is 4.31. The largest absolute Gasteiger partial charge is 0.420 e. The van der Waals surface area contributed by atoms with Gasteiger partial charge < -0.3 is 0 Å². The van der Waals surface area contributed by atoms with Crippen molar-refractivity contribution >= 4 is 5.78 Å². The van der Waals surface area contributed by atoms with Crippen LogP contribution in [-0.4, -0.2) is 5.78 Å². The fourth-order valence-electron chi connectivity index (χ4n) is 0.929. The van der Waals surface area contributed by atoms with Gasteiger partial charge in [0.1, 0.15) is 0 Å². The molecule has 0 radical (unpaired) electrons. The van der Waals surface area contributed by atoms with E-state index < -0.39 is 0 Å². The molecule has 1 aromatic rings. The molecule has 0 saturated heterocycles. The summed E-state index contributed by atoms with van der Waals surface area (Å²) in [6.07, 6.45) is 0.837. The Morgan fingerprint density at radius 1 is 1.31 bits per heavy atom. The molecule has 2 heteroatoms. The Balaban J connectivity index is 2.60.